The van der Waals surface area contributed by atoms with Crippen LogP contribution in [-0.4, -0.2) is 0 Å². The Hall–Kier alpha value is -0.900. The summed E-state index contributed by atoms with van der Waals surface area (Å²) in [6.45, 7) is 0. The van der Waals surface area contributed by atoms with Crippen LogP contribution in [0.2, 0.25) is 5.02 Å². The van der Waals surface area contributed by atoms with E-state index in [4.69, 9.17) is 17.3 Å². The quantitative estimate of drug-likeness (QED) is 0.886. The summed E-state index contributed by atoms with van der Waals surface area (Å²) < 4.78 is 13.6. The third-order valence-corrected chi connectivity index (χ3v) is 3.92. The van der Waals surface area contributed by atoms with Crippen LogP contribution < -0.4 is 5.73 Å². The van der Waals surface area contributed by atoms with E-state index < -0.39 is 0 Å². The van der Waals surface area contributed by atoms with Crippen LogP contribution in [0.25, 0.3) is 0 Å². The van der Waals surface area contributed by atoms with Crippen LogP contribution in [0.4, 0.5) is 4.39 Å². The fraction of sp³-hybridized carbons (Fsp3) is 0.231. The molecule has 4 heteroatoms. The van der Waals surface area contributed by atoms with E-state index in [0.717, 1.165) is 6.42 Å². The van der Waals surface area contributed by atoms with Gasteiger partial charge in [-0.1, -0.05) is 23.7 Å². The highest BCUT2D eigenvalue weighted by molar-refractivity contribution is 7.09. The zero-order valence-corrected chi connectivity index (χ0v) is 10.8. The minimum Gasteiger partial charge on any atom is -0.324 e. The average molecular weight is 270 g/mol. The number of rotatable bonds is 4. The molecule has 1 atom stereocenters. The van der Waals surface area contributed by atoms with Crippen LogP contribution in [0.1, 0.15) is 22.9 Å². The molecular formula is C13H13ClFNS. The molecule has 0 spiro atoms. The van der Waals surface area contributed by atoms with Gasteiger partial charge in [-0.25, -0.2) is 4.39 Å². The maximum Gasteiger partial charge on any atom is 0.129 e. The fourth-order valence-electron chi connectivity index (χ4n) is 1.76. The van der Waals surface area contributed by atoms with Crippen molar-refractivity contribution in [3.63, 3.8) is 0 Å². The Balaban J connectivity index is 2.07. The standard InChI is InChI=1S/C13H13ClFNS/c14-10-4-1-5-11(15)13(10)12(16)7-6-9-3-2-8-17-9/h1-5,8,12H,6-7,16H2. The van der Waals surface area contributed by atoms with E-state index in [2.05, 4.69) is 6.07 Å². The summed E-state index contributed by atoms with van der Waals surface area (Å²) in [5.41, 5.74) is 6.42. The molecule has 0 aliphatic heterocycles. The van der Waals surface area contributed by atoms with Crippen molar-refractivity contribution < 1.29 is 4.39 Å². The lowest BCUT2D eigenvalue weighted by atomic mass is 10.0. The van der Waals surface area contributed by atoms with Gasteiger partial charge in [-0.15, -0.1) is 11.3 Å². The Morgan fingerprint density at radius 3 is 2.76 bits per heavy atom. The predicted octanol–water partition coefficient (Wildman–Crippen LogP) is 4.17. The molecule has 90 valence electrons. The topological polar surface area (TPSA) is 26.0 Å². The number of halogens is 2. The number of nitrogens with two attached hydrogens (primary N) is 1. The molecule has 1 aromatic carbocycles. The molecule has 0 radical (unpaired) electrons. The van der Waals surface area contributed by atoms with Crippen LogP contribution in [0.3, 0.4) is 0 Å². The number of hydrogen-bond donors (Lipinski definition) is 1. The summed E-state index contributed by atoms with van der Waals surface area (Å²) in [5.74, 6) is -0.323. The summed E-state index contributed by atoms with van der Waals surface area (Å²) in [6.07, 6.45) is 1.55. The lowest BCUT2D eigenvalue weighted by Crippen LogP contribution is -2.13. The lowest BCUT2D eigenvalue weighted by molar-refractivity contribution is 0.565. The van der Waals surface area contributed by atoms with Gasteiger partial charge in [-0.05, 0) is 36.4 Å². The van der Waals surface area contributed by atoms with Gasteiger partial charge in [0.25, 0.3) is 0 Å². The van der Waals surface area contributed by atoms with E-state index in [9.17, 15) is 4.39 Å². The lowest BCUT2D eigenvalue weighted by Gasteiger charge is -2.14. The van der Waals surface area contributed by atoms with E-state index in [1.807, 2.05) is 11.4 Å². The van der Waals surface area contributed by atoms with Crippen molar-refractivity contribution in [2.45, 2.75) is 18.9 Å². The number of aryl methyl sites for hydroxylation is 1. The Kier molecular flexibility index (Phi) is 4.15. The average Bonchev–Trinajstić information content (AvgIpc) is 2.79. The van der Waals surface area contributed by atoms with Crippen LogP contribution in [0.5, 0.6) is 0 Å². The third-order valence-electron chi connectivity index (χ3n) is 2.65. The maximum absolute atomic E-state index is 13.6. The van der Waals surface area contributed by atoms with Crippen molar-refractivity contribution in [3.05, 3.63) is 57.0 Å². The summed E-state index contributed by atoms with van der Waals surface area (Å²) in [6, 6.07) is 8.36. The normalized spacial score (nSPS) is 12.6. The molecule has 0 amide bonds. The minimum absolute atomic E-state index is 0.323. The first-order chi connectivity index (χ1) is 8.18. The van der Waals surface area contributed by atoms with Gasteiger partial charge in [0.15, 0.2) is 0 Å². The zero-order valence-electron chi connectivity index (χ0n) is 9.20. The largest absolute Gasteiger partial charge is 0.324 e. The van der Waals surface area contributed by atoms with Crippen molar-refractivity contribution in [2.24, 2.45) is 5.73 Å². The molecule has 2 rings (SSSR count). The summed E-state index contributed by atoms with van der Waals surface area (Å²) in [5, 5.41) is 2.43. The second kappa shape index (κ2) is 5.63. The van der Waals surface area contributed by atoms with Gasteiger partial charge in [0.05, 0.1) is 0 Å². The first kappa shape index (κ1) is 12.6. The highest BCUT2D eigenvalue weighted by atomic mass is 35.5. The Morgan fingerprint density at radius 2 is 2.12 bits per heavy atom. The van der Waals surface area contributed by atoms with Crippen LogP contribution in [0.15, 0.2) is 35.7 Å². The summed E-state index contributed by atoms with van der Waals surface area (Å²) in [4.78, 5) is 1.26. The monoisotopic (exact) mass is 269 g/mol. The molecule has 1 heterocycles. The zero-order chi connectivity index (χ0) is 12.3. The van der Waals surface area contributed by atoms with Crippen molar-refractivity contribution >= 4 is 22.9 Å². The Labute approximate surface area is 109 Å². The van der Waals surface area contributed by atoms with Crippen LogP contribution in [0, 0.1) is 5.82 Å². The van der Waals surface area contributed by atoms with E-state index >= 15 is 0 Å². The van der Waals surface area contributed by atoms with Crippen molar-refractivity contribution in [1.29, 1.82) is 0 Å². The number of benzene rings is 1. The van der Waals surface area contributed by atoms with Gasteiger partial charge in [-0.3, -0.25) is 0 Å². The molecule has 0 fully saturated rings. The molecule has 17 heavy (non-hydrogen) atoms. The van der Waals surface area contributed by atoms with Crippen molar-refractivity contribution in [2.75, 3.05) is 0 Å². The first-order valence-corrected chi connectivity index (χ1v) is 6.66. The van der Waals surface area contributed by atoms with Gasteiger partial charge < -0.3 is 5.73 Å². The third kappa shape index (κ3) is 3.06. The van der Waals surface area contributed by atoms with E-state index in [0.29, 0.717) is 17.0 Å². The van der Waals surface area contributed by atoms with E-state index in [1.165, 1.54) is 10.9 Å². The molecule has 1 aromatic heterocycles. The molecule has 0 saturated carbocycles. The van der Waals surface area contributed by atoms with Gasteiger partial charge in [0.2, 0.25) is 0 Å². The van der Waals surface area contributed by atoms with Crippen LogP contribution in [-0.2, 0) is 6.42 Å². The van der Waals surface area contributed by atoms with E-state index in [1.54, 1.807) is 23.5 Å². The predicted molar refractivity (Wildman–Crippen MR) is 71.0 cm³/mol. The van der Waals surface area contributed by atoms with Crippen molar-refractivity contribution in [3.8, 4) is 0 Å². The fourth-order valence-corrected chi connectivity index (χ4v) is 2.79. The van der Waals surface area contributed by atoms with Gasteiger partial charge in [0, 0.05) is 21.5 Å². The number of thiophene rings is 1. The van der Waals surface area contributed by atoms with Crippen molar-refractivity contribution in [1.82, 2.24) is 0 Å². The van der Waals surface area contributed by atoms with Gasteiger partial charge in [0.1, 0.15) is 5.82 Å². The second-order valence-corrected chi connectivity index (χ2v) is 5.30. The molecular weight excluding hydrogens is 257 g/mol. The molecule has 2 aromatic rings. The molecule has 0 aliphatic rings. The SMILES string of the molecule is NC(CCc1cccs1)c1c(F)cccc1Cl. The molecule has 2 N–H and O–H groups in total. The highest BCUT2D eigenvalue weighted by Gasteiger charge is 2.15. The molecule has 1 nitrogen and oxygen atoms in total. The second-order valence-electron chi connectivity index (χ2n) is 3.86. The van der Waals surface area contributed by atoms with Gasteiger partial charge >= 0.3 is 0 Å². The van der Waals surface area contributed by atoms with Crippen LogP contribution >= 0.6 is 22.9 Å². The maximum atomic E-state index is 13.6. The molecule has 0 bridgehead atoms. The Bertz CT molecular complexity index is 464. The first-order valence-electron chi connectivity index (χ1n) is 5.40. The van der Waals surface area contributed by atoms with E-state index in [-0.39, 0.29) is 11.9 Å². The summed E-state index contributed by atoms with van der Waals surface area (Å²) >= 11 is 7.65. The van der Waals surface area contributed by atoms with Gasteiger partial charge in [-0.2, -0.15) is 0 Å². The minimum atomic E-state index is -0.356. The Morgan fingerprint density at radius 1 is 1.29 bits per heavy atom. The highest BCUT2D eigenvalue weighted by Crippen LogP contribution is 2.27. The number of hydrogen-bond acceptors (Lipinski definition) is 2. The molecule has 0 saturated heterocycles. The molecule has 0 aliphatic carbocycles. The smallest absolute Gasteiger partial charge is 0.129 e. The molecule has 1 unspecified atom stereocenters. The summed E-state index contributed by atoms with van der Waals surface area (Å²) in [7, 11) is 0.